The molecule has 3 rings (SSSR count). The zero-order valence-corrected chi connectivity index (χ0v) is 19.7. The van der Waals surface area contributed by atoms with Gasteiger partial charge in [-0.25, -0.2) is 9.97 Å². The minimum Gasteiger partial charge on any atom is -0.393 e. The van der Waals surface area contributed by atoms with Crippen molar-refractivity contribution in [1.29, 1.82) is 5.41 Å². The Kier molecular flexibility index (Phi) is 7.40. The molecule has 1 unspecified atom stereocenters. The fraction of sp³-hybridized carbons (Fsp3) is 0.440. The molecular weight excluding hydrogens is 402 g/mol. The first-order valence-corrected chi connectivity index (χ1v) is 11.2. The van der Waals surface area contributed by atoms with E-state index in [9.17, 15) is 4.79 Å². The first-order chi connectivity index (χ1) is 15.4. The Morgan fingerprint density at radius 2 is 2.19 bits per heavy atom. The van der Waals surface area contributed by atoms with Crippen LogP contribution in [0.15, 0.2) is 41.1 Å². The lowest BCUT2D eigenvalue weighted by atomic mass is 9.80. The highest BCUT2D eigenvalue weighted by Crippen LogP contribution is 2.40. The standard InChI is InChI=1S/C25H33N5O2/c1-6-8-9-17-10-11-25(3,32-7-2)21(12-17)20-16-30(5)24(31)19-15-28-23(29-22(19)20)18(13-26)14-27-4/h10,12-16,26-27H,6-9,11H2,1-5H3/b18-14+,26-13?. The van der Waals surface area contributed by atoms with Crippen LogP contribution in [0.4, 0.5) is 0 Å². The van der Waals surface area contributed by atoms with E-state index in [1.165, 1.54) is 11.8 Å². The second-order valence-electron chi connectivity index (χ2n) is 8.26. The highest BCUT2D eigenvalue weighted by Gasteiger charge is 2.34. The van der Waals surface area contributed by atoms with E-state index in [0.29, 0.717) is 28.9 Å². The smallest absolute Gasteiger partial charge is 0.261 e. The Morgan fingerprint density at radius 3 is 2.84 bits per heavy atom. The molecule has 1 atom stereocenters. The largest absolute Gasteiger partial charge is 0.393 e. The van der Waals surface area contributed by atoms with Crippen LogP contribution >= 0.6 is 0 Å². The molecule has 0 spiro atoms. The molecule has 32 heavy (non-hydrogen) atoms. The minimum absolute atomic E-state index is 0.152. The van der Waals surface area contributed by atoms with E-state index in [4.69, 9.17) is 15.1 Å². The first kappa shape index (κ1) is 23.6. The third-order valence-corrected chi connectivity index (χ3v) is 5.86. The molecule has 170 valence electrons. The van der Waals surface area contributed by atoms with Crippen LogP contribution in [0, 0.1) is 5.41 Å². The van der Waals surface area contributed by atoms with Gasteiger partial charge in [-0.05, 0) is 38.7 Å². The van der Waals surface area contributed by atoms with Crippen LogP contribution in [-0.2, 0) is 11.8 Å². The zero-order chi connectivity index (χ0) is 23.3. The van der Waals surface area contributed by atoms with Crippen molar-refractivity contribution < 1.29 is 4.74 Å². The summed E-state index contributed by atoms with van der Waals surface area (Å²) in [4.78, 5) is 22.0. The number of aryl methyl sites for hydroxylation is 1. The fourth-order valence-corrected chi connectivity index (χ4v) is 4.12. The van der Waals surface area contributed by atoms with Crippen molar-refractivity contribution >= 4 is 28.3 Å². The fourth-order valence-electron chi connectivity index (χ4n) is 4.12. The lowest BCUT2D eigenvalue weighted by Crippen LogP contribution is -2.33. The van der Waals surface area contributed by atoms with E-state index in [0.717, 1.165) is 36.8 Å². The number of unbranched alkanes of at least 4 members (excludes halogenated alkanes) is 1. The van der Waals surface area contributed by atoms with E-state index in [1.807, 2.05) is 13.1 Å². The van der Waals surface area contributed by atoms with Gasteiger partial charge in [-0.2, -0.15) is 0 Å². The molecule has 0 saturated heterocycles. The lowest BCUT2D eigenvalue weighted by molar-refractivity contribution is 0.0233. The molecule has 0 amide bonds. The molecule has 2 aromatic heterocycles. The van der Waals surface area contributed by atoms with Crippen LogP contribution in [-0.4, -0.2) is 40.0 Å². The van der Waals surface area contributed by atoms with Gasteiger partial charge in [0.25, 0.3) is 5.56 Å². The van der Waals surface area contributed by atoms with Gasteiger partial charge in [0.15, 0.2) is 5.82 Å². The van der Waals surface area contributed by atoms with E-state index < -0.39 is 5.60 Å². The number of hydrogen-bond acceptors (Lipinski definition) is 6. The first-order valence-electron chi connectivity index (χ1n) is 11.2. The molecule has 0 bridgehead atoms. The molecule has 0 radical (unpaired) electrons. The average Bonchev–Trinajstić information content (AvgIpc) is 2.79. The molecular formula is C25H33N5O2. The number of pyridine rings is 1. The summed E-state index contributed by atoms with van der Waals surface area (Å²) in [6, 6.07) is 0. The quantitative estimate of drug-likeness (QED) is 0.575. The maximum absolute atomic E-state index is 12.9. The van der Waals surface area contributed by atoms with E-state index >= 15 is 0 Å². The topological polar surface area (TPSA) is 92.9 Å². The summed E-state index contributed by atoms with van der Waals surface area (Å²) in [5.74, 6) is 0.396. The summed E-state index contributed by atoms with van der Waals surface area (Å²) in [6.45, 7) is 6.87. The third kappa shape index (κ3) is 4.58. The van der Waals surface area contributed by atoms with Gasteiger partial charge in [-0.3, -0.25) is 4.79 Å². The molecule has 0 saturated carbocycles. The molecule has 2 N–H and O–H groups in total. The van der Waals surface area contributed by atoms with Gasteiger partial charge in [0.2, 0.25) is 0 Å². The second-order valence-corrected chi connectivity index (χ2v) is 8.26. The summed E-state index contributed by atoms with van der Waals surface area (Å²) in [6.07, 6.45) is 14.8. The summed E-state index contributed by atoms with van der Waals surface area (Å²) < 4.78 is 7.83. The number of nitrogens with zero attached hydrogens (tertiary/aromatic N) is 3. The van der Waals surface area contributed by atoms with Crippen molar-refractivity contribution in [3.8, 4) is 0 Å². The Bertz CT molecular complexity index is 1160. The molecule has 7 heteroatoms. The van der Waals surface area contributed by atoms with Gasteiger partial charge in [0, 0.05) is 51.1 Å². The van der Waals surface area contributed by atoms with Crippen molar-refractivity contribution in [2.24, 2.45) is 7.05 Å². The van der Waals surface area contributed by atoms with Crippen LogP contribution < -0.4 is 10.9 Å². The lowest BCUT2D eigenvalue weighted by Gasteiger charge is -2.35. The normalized spacial score (nSPS) is 19.0. The van der Waals surface area contributed by atoms with Crippen molar-refractivity contribution in [2.45, 2.75) is 52.1 Å². The molecule has 7 nitrogen and oxygen atoms in total. The maximum Gasteiger partial charge on any atom is 0.261 e. The molecule has 2 aromatic rings. The average molecular weight is 436 g/mol. The Labute approximate surface area is 189 Å². The number of aromatic nitrogens is 3. The SMILES string of the molecule is CCCCC1=CCC(C)(OCC)C(c2cn(C)c(=O)c3cnc(/C(C=N)=C/NC)nc23)=C1. The monoisotopic (exact) mass is 435 g/mol. The van der Waals surface area contributed by atoms with Crippen molar-refractivity contribution in [1.82, 2.24) is 19.9 Å². The Hall–Kier alpha value is -3.06. The molecule has 1 aliphatic rings. The maximum atomic E-state index is 12.9. The van der Waals surface area contributed by atoms with Gasteiger partial charge in [-0.15, -0.1) is 0 Å². The predicted molar refractivity (Wildman–Crippen MR) is 131 cm³/mol. The van der Waals surface area contributed by atoms with Crippen molar-refractivity contribution in [2.75, 3.05) is 13.7 Å². The van der Waals surface area contributed by atoms with E-state index in [1.54, 1.807) is 31.1 Å². The molecule has 0 aliphatic heterocycles. The molecule has 1 aliphatic carbocycles. The number of allylic oxidation sites excluding steroid dienone is 3. The van der Waals surface area contributed by atoms with Crippen LogP contribution in [0.5, 0.6) is 0 Å². The Morgan fingerprint density at radius 1 is 1.41 bits per heavy atom. The van der Waals surface area contributed by atoms with Crippen LogP contribution in [0.2, 0.25) is 0 Å². The van der Waals surface area contributed by atoms with Crippen molar-refractivity contribution in [3.63, 3.8) is 0 Å². The zero-order valence-electron chi connectivity index (χ0n) is 19.7. The highest BCUT2D eigenvalue weighted by molar-refractivity contribution is 6.07. The molecule has 0 aromatic carbocycles. The molecule has 0 fully saturated rings. The minimum atomic E-state index is -0.523. The summed E-state index contributed by atoms with van der Waals surface area (Å²) >= 11 is 0. The van der Waals surface area contributed by atoms with Crippen LogP contribution in [0.3, 0.4) is 0 Å². The van der Waals surface area contributed by atoms with Gasteiger partial charge in [-0.1, -0.05) is 31.1 Å². The number of nitrogens with one attached hydrogen (secondary N) is 2. The number of hydrogen-bond donors (Lipinski definition) is 2. The number of fused-ring (bicyclic) bond motifs is 1. The molecule has 2 heterocycles. The van der Waals surface area contributed by atoms with Crippen LogP contribution in [0.1, 0.15) is 57.8 Å². The summed E-state index contributed by atoms with van der Waals surface area (Å²) in [5.41, 5.74) is 3.60. The number of ether oxygens (including phenoxy) is 1. The van der Waals surface area contributed by atoms with Gasteiger partial charge in [0.05, 0.1) is 22.1 Å². The van der Waals surface area contributed by atoms with Gasteiger partial charge in [0.1, 0.15) is 0 Å². The van der Waals surface area contributed by atoms with Gasteiger partial charge < -0.3 is 20.0 Å². The third-order valence-electron chi connectivity index (χ3n) is 5.86. The Balaban J connectivity index is 2.30. The summed E-state index contributed by atoms with van der Waals surface area (Å²) in [7, 11) is 3.51. The van der Waals surface area contributed by atoms with Crippen molar-refractivity contribution in [3.05, 3.63) is 58.1 Å². The number of rotatable bonds is 9. The predicted octanol–water partition coefficient (Wildman–Crippen LogP) is 4.24. The second kappa shape index (κ2) is 10.0. The highest BCUT2D eigenvalue weighted by atomic mass is 16.5. The summed E-state index contributed by atoms with van der Waals surface area (Å²) in [5, 5.41) is 11.1. The van der Waals surface area contributed by atoms with Gasteiger partial charge >= 0.3 is 0 Å². The van der Waals surface area contributed by atoms with E-state index in [2.05, 4.69) is 36.3 Å². The van der Waals surface area contributed by atoms with Crippen LogP contribution in [0.25, 0.3) is 22.0 Å². The van der Waals surface area contributed by atoms with E-state index in [-0.39, 0.29) is 5.56 Å².